The maximum Gasteiger partial charge on any atom is 0.408 e. The number of pyridine rings is 1. The van der Waals surface area contributed by atoms with Gasteiger partial charge >= 0.3 is 6.09 Å². The average molecular weight is 394 g/mol. The smallest absolute Gasteiger partial charge is 0.408 e. The monoisotopic (exact) mass is 394 g/mol. The Labute approximate surface area is 164 Å². The molecule has 2 unspecified atom stereocenters. The van der Waals surface area contributed by atoms with Crippen LogP contribution in [0.2, 0.25) is 0 Å². The lowest BCUT2D eigenvalue weighted by Gasteiger charge is -2.18. The summed E-state index contributed by atoms with van der Waals surface area (Å²) in [6.45, 7) is 0. The highest BCUT2D eigenvalue weighted by atomic mass is 19.1. The third-order valence-corrected chi connectivity index (χ3v) is 4.41. The number of aromatic nitrogens is 1. The van der Waals surface area contributed by atoms with E-state index in [1.54, 1.807) is 24.3 Å². The van der Waals surface area contributed by atoms with Crippen molar-refractivity contribution >= 4 is 6.09 Å². The highest BCUT2D eigenvalue weighted by molar-refractivity contribution is 5.71. The number of benzene rings is 2. The first-order valence-corrected chi connectivity index (χ1v) is 8.65. The third kappa shape index (κ3) is 3.92. The Hall–Kier alpha value is -3.79. The molecule has 1 amide bonds. The highest BCUT2D eigenvalue weighted by Gasteiger charge is 2.38. The number of nitrogens with zero attached hydrogens (tertiary/aromatic N) is 1. The number of amides is 1. The number of halogens is 3. The van der Waals surface area contributed by atoms with Gasteiger partial charge in [0.05, 0.1) is 5.56 Å². The van der Waals surface area contributed by atoms with Gasteiger partial charge in [0.25, 0.3) is 0 Å². The van der Waals surface area contributed by atoms with E-state index in [2.05, 4.69) is 22.1 Å². The SMILES string of the molecule is O=C1NC(c2cncc(C#Cc3ccccc3F)c2)C(c2cc(F)ccc2F)O1. The van der Waals surface area contributed by atoms with Crippen molar-refractivity contribution in [3.05, 3.63) is 101 Å². The maximum absolute atomic E-state index is 14.2. The number of hydrogen-bond donors (Lipinski definition) is 1. The van der Waals surface area contributed by atoms with Gasteiger partial charge in [0, 0.05) is 23.5 Å². The van der Waals surface area contributed by atoms with Gasteiger partial charge in [-0.25, -0.2) is 18.0 Å². The summed E-state index contributed by atoms with van der Waals surface area (Å²) in [7, 11) is 0. The normalized spacial score (nSPS) is 17.8. The molecule has 1 aliphatic heterocycles. The molecule has 0 aliphatic carbocycles. The van der Waals surface area contributed by atoms with Crippen molar-refractivity contribution in [3.63, 3.8) is 0 Å². The highest BCUT2D eigenvalue weighted by Crippen LogP contribution is 2.37. The Morgan fingerprint density at radius 1 is 0.966 bits per heavy atom. The molecule has 0 radical (unpaired) electrons. The summed E-state index contributed by atoms with van der Waals surface area (Å²) in [5.41, 5.74) is 1.10. The van der Waals surface area contributed by atoms with Gasteiger partial charge in [0.15, 0.2) is 6.10 Å². The van der Waals surface area contributed by atoms with Crippen molar-refractivity contribution in [3.8, 4) is 11.8 Å². The minimum Gasteiger partial charge on any atom is -0.439 e. The zero-order valence-corrected chi connectivity index (χ0v) is 14.8. The van der Waals surface area contributed by atoms with Crippen LogP contribution in [0.1, 0.15) is 34.4 Å². The van der Waals surface area contributed by atoms with Crippen molar-refractivity contribution in [2.24, 2.45) is 0 Å². The lowest BCUT2D eigenvalue weighted by Crippen LogP contribution is -2.20. The van der Waals surface area contributed by atoms with Gasteiger partial charge in [-0.15, -0.1) is 0 Å². The van der Waals surface area contributed by atoms with Gasteiger partial charge < -0.3 is 10.1 Å². The molecule has 2 atom stereocenters. The number of rotatable bonds is 2. The second kappa shape index (κ2) is 7.68. The Balaban J connectivity index is 1.67. The second-order valence-electron chi connectivity index (χ2n) is 6.35. The molecule has 0 spiro atoms. The second-order valence-corrected chi connectivity index (χ2v) is 6.35. The Morgan fingerprint density at radius 3 is 2.62 bits per heavy atom. The molecule has 144 valence electrons. The quantitative estimate of drug-likeness (QED) is 0.655. The number of hydrogen-bond acceptors (Lipinski definition) is 3. The molecule has 1 fully saturated rings. The van der Waals surface area contributed by atoms with Crippen LogP contribution < -0.4 is 5.32 Å². The predicted octanol–water partition coefficient (Wildman–Crippen LogP) is 4.42. The minimum absolute atomic E-state index is 0.0869. The summed E-state index contributed by atoms with van der Waals surface area (Å²) in [5.74, 6) is 3.75. The molecule has 1 aromatic heterocycles. The molecule has 4 rings (SSSR count). The van der Waals surface area contributed by atoms with Crippen molar-refractivity contribution in [1.29, 1.82) is 0 Å². The Morgan fingerprint density at radius 2 is 1.79 bits per heavy atom. The molecular formula is C22H13F3N2O2. The minimum atomic E-state index is -1.07. The molecule has 0 bridgehead atoms. The van der Waals surface area contributed by atoms with Gasteiger partial charge in [-0.3, -0.25) is 4.98 Å². The number of alkyl carbamates (subject to hydrolysis) is 1. The molecular weight excluding hydrogens is 381 g/mol. The molecule has 0 saturated carbocycles. The summed E-state index contributed by atoms with van der Waals surface area (Å²) >= 11 is 0. The molecule has 1 saturated heterocycles. The van der Waals surface area contributed by atoms with Crippen molar-refractivity contribution in [2.75, 3.05) is 0 Å². The first kappa shape index (κ1) is 18.6. The van der Waals surface area contributed by atoms with Crippen LogP contribution in [0.15, 0.2) is 60.9 Å². The number of carbonyl (C=O) groups excluding carboxylic acids is 1. The van der Waals surface area contributed by atoms with E-state index in [0.29, 0.717) is 11.1 Å². The first-order valence-electron chi connectivity index (χ1n) is 8.65. The number of carbonyl (C=O) groups is 1. The van der Waals surface area contributed by atoms with Crippen molar-refractivity contribution in [2.45, 2.75) is 12.1 Å². The number of ether oxygens (including phenoxy) is 1. The van der Waals surface area contributed by atoms with E-state index in [1.807, 2.05) is 0 Å². The summed E-state index contributed by atoms with van der Waals surface area (Å²) in [5, 5.41) is 2.58. The van der Waals surface area contributed by atoms with E-state index in [4.69, 9.17) is 4.74 Å². The number of nitrogens with one attached hydrogen (secondary N) is 1. The van der Waals surface area contributed by atoms with Crippen LogP contribution in [-0.2, 0) is 4.74 Å². The largest absolute Gasteiger partial charge is 0.439 e. The van der Waals surface area contributed by atoms with Crippen LogP contribution in [0.25, 0.3) is 0 Å². The Kier molecular flexibility index (Phi) is 4.92. The molecule has 4 nitrogen and oxygen atoms in total. The zero-order valence-electron chi connectivity index (χ0n) is 14.8. The van der Waals surface area contributed by atoms with E-state index < -0.39 is 35.7 Å². The van der Waals surface area contributed by atoms with E-state index in [0.717, 1.165) is 18.2 Å². The Bertz CT molecular complexity index is 1150. The van der Waals surface area contributed by atoms with Crippen LogP contribution in [0.5, 0.6) is 0 Å². The van der Waals surface area contributed by atoms with Crippen LogP contribution in [0.4, 0.5) is 18.0 Å². The van der Waals surface area contributed by atoms with Crippen LogP contribution >= 0.6 is 0 Å². The summed E-state index contributed by atoms with van der Waals surface area (Å²) in [6.07, 6.45) is 1.12. The van der Waals surface area contributed by atoms with E-state index in [-0.39, 0.29) is 11.1 Å². The average Bonchev–Trinajstić information content (AvgIpc) is 3.11. The lowest BCUT2D eigenvalue weighted by molar-refractivity contribution is 0.130. The van der Waals surface area contributed by atoms with Gasteiger partial charge in [-0.05, 0) is 42.0 Å². The summed E-state index contributed by atoms with van der Waals surface area (Å²) in [6, 6.07) is 9.88. The molecule has 3 aromatic rings. The van der Waals surface area contributed by atoms with Crippen LogP contribution in [-0.4, -0.2) is 11.1 Å². The third-order valence-electron chi connectivity index (χ3n) is 4.41. The van der Waals surface area contributed by atoms with Crippen LogP contribution in [0.3, 0.4) is 0 Å². The van der Waals surface area contributed by atoms with E-state index in [9.17, 15) is 18.0 Å². The predicted molar refractivity (Wildman–Crippen MR) is 98.1 cm³/mol. The molecule has 2 heterocycles. The van der Waals surface area contributed by atoms with Crippen molar-refractivity contribution in [1.82, 2.24) is 10.3 Å². The number of cyclic esters (lactones) is 1. The van der Waals surface area contributed by atoms with E-state index in [1.165, 1.54) is 18.5 Å². The van der Waals surface area contributed by atoms with E-state index >= 15 is 0 Å². The molecule has 29 heavy (non-hydrogen) atoms. The molecule has 1 aliphatic rings. The molecule has 2 aromatic carbocycles. The standard InChI is InChI=1S/C22H13F3N2O2/c23-16-7-8-19(25)17(10-16)21-20(27-22(28)29-21)15-9-13(11-26-12-15)5-6-14-3-1-2-4-18(14)24/h1-4,7-12,20-21H,(H,27,28). The fourth-order valence-corrected chi connectivity index (χ4v) is 3.05. The van der Waals surface area contributed by atoms with Gasteiger partial charge in [0.1, 0.15) is 23.5 Å². The summed E-state index contributed by atoms with van der Waals surface area (Å²) in [4.78, 5) is 15.9. The van der Waals surface area contributed by atoms with Gasteiger partial charge in [0.2, 0.25) is 0 Å². The van der Waals surface area contributed by atoms with Crippen molar-refractivity contribution < 1.29 is 22.7 Å². The van der Waals surface area contributed by atoms with Crippen LogP contribution in [0, 0.1) is 29.3 Å². The first-order chi connectivity index (χ1) is 14.0. The van der Waals surface area contributed by atoms with Gasteiger partial charge in [-0.2, -0.15) is 0 Å². The topological polar surface area (TPSA) is 51.2 Å². The lowest BCUT2D eigenvalue weighted by atomic mass is 9.96. The van der Waals surface area contributed by atoms with Gasteiger partial charge in [-0.1, -0.05) is 24.0 Å². The fraction of sp³-hybridized carbons (Fsp3) is 0.0909. The fourth-order valence-electron chi connectivity index (χ4n) is 3.05. The zero-order chi connectivity index (χ0) is 20.4. The maximum atomic E-state index is 14.2. The molecule has 7 heteroatoms. The molecule has 1 N–H and O–H groups in total. The summed E-state index contributed by atoms with van der Waals surface area (Å²) < 4.78 is 46.7.